The van der Waals surface area contributed by atoms with Gasteiger partial charge < -0.3 is 10.3 Å². The van der Waals surface area contributed by atoms with Crippen LogP contribution in [0.3, 0.4) is 0 Å². The van der Waals surface area contributed by atoms with Gasteiger partial charge in [-0.15, -0.1) is 0 Å². The lowest BCUT2D eigenvalue weighted by molar-refractivity contribution is 0.0697. The first-order chi connectivity index (χ1) is 16.9. The highest BCUT2D eigenvalue weighted by Gasteiger charge is 2.21. The van der Waals surface area contributed by atoms with E-state index in [4.69, 9.17) is 16.7 Å². The average Bonchev–Trinajstić information content (AvgIpc) is 2.86. The Morgan fingerprint density at radius 3 is 2.14 bits per heavy atom. The van der Waals surface area contributed by atoms with E-state index in [0.29, 0.717) is 17.2 Å². The molecule has 1 aromatic heterocycles. The summed E-state index contributed by atoms with van der Waals surface area (Å²) in [7, 11) is 0. The topological polar surface area (TPSA) is 82.8 Å². The third-order valence-electron chi connectivity index (χ3n) is 6.13. The minimum absolute atomic E-state index is 0.0740. The molecule has 4 aromatic rings. The van der Waals surface area contributed by atoms with Gasteiger partial charge in [-0.1, -0.05) is 59.2 Å². The Morgan fingerprint density at radius 2 is 1.57 bits per heavy atom. The summed E-state index contributed by atoms with van der Waals surface area (Å²) in [6, 6.07) is 24.6. The lowest BCUT2D eigenvalue weighted by atomic mass is 9.83. The first-order valence-corrected chi connectivity index (χ1v) is 11.6. The quantitative estimate of drug-likeness (QED) is 0.166. The maximum atomic E-state index is 11.1. The van der Waals surface area contributed by atoms with Crippen LogP contribution in [0.5, 0.6) is 0 Å². The third kappa shape index (κ3) is 5.58. The van der Waals surface area contributed by atoms with Crippen molar-refractivity contribution >= 4 is 23.3 Å². The number of aryl methyl sites for hydroxylation is 2. The normalized spacial score (nSPS) is 12.4. The van der Waals surface area contributed by atoms with Crippen LogP contribution in [0.4, 0.5) is 0 Å². The van der Waals surface area contributed by atoms with Crippen LogP contribution in [0.25, 0.3) is 11.1 Å². The number of aromatic nitrogens is 1. The third-order valence-corrected chi connectivity index (χ3v) is 6.37. The van der Waals surface area contributed by atoms with E-state index in [1.54, 1.807) is 18.3 Å². The second kappa shape index (κ2) is 10.5. The lowest BCUT2D eigenvalue weighted by Gasteiger charge is -2.21. The maximum Gasteiger partial charge on any atom is 0.335 e. The number of aromatic carboxylic acids is 1. The summed E-state index contributed by atoms with van der Waals surface area (Å²) in [5.74, 6) is -1.02. The van der Waals surface area contributed by atoms with Crippen molar-refractivity contribution < 1.29 is 15.1 Å². The molecular formula is C29H25ClN2O3. The second-order valence-corrected chi connectivity index (χ2v) is 8.93. The fourth-order valence-electron chi connectivity index (χ4n) is 4.29. The van der Waals surface area contributed by atoms with Crippen LogP contribution in [0.15, 0.2) is 90.2 Å². The van der Waals surface area contributed by atoms with Crippen molar-refractivity contribution in [2.24, 2.45) is 5.16 Å². The highest BCUT2D eigenvalue weighted by molar-refractivity contribution is 6.30. The number of pyridine rings is 1. The molecule has 35 heavy (non-hydrogen) atoms. The number of carboxylic acid groups (broad SMARTS) is 1. The number of hydrogen-bond donors (Lipinski definition) is 2. The van der Waals surface area contributed by atoms with Gasteiger partial charge in [-0.2, -0.15) is 0 Å². The highest BCUT2D eigenvalue weighted by atomic mass is 35.5. The Bertz CT molecular complexity index is 1380. The molecule has 0 aliphatic carbocycles. The Labute approximate surface area is 209 Å². The molecule has 0 saturated heterocycles. The van der Waals surface area contributed by atoms with Crippen LogP contribution >= 0.6 is 11.6 Å². The fraction of sp³-hybridized carbons (Fsp3) is 0.138. The van der Waals surface area contributed by atoms with Crippen LogP contribution in [-0.4, -0.2) is 27.0 Å². The largest absolute Gasteiger partial charge is 0.478 e. The van der Waals surface area contributed by atoms with Gasteiger partial charge in [-0.3, -0.25) is 4.98 Å². The first-order valence-electron chi connectivity index (χ1n) is 11.2. The molecule has 3 aromatic carbocycles. The summed E-state index contributed by atoms with van der Waals surface area (Å²) < 4.78 is 0. The van der Waals surface area contributed by atoms with Crippen LogP contribution in [0, 0.1) is 13.8 Å². The van der Waals surface area contributed by atoms with E-state index in [0.717, 1.165) is 39.1 Å². The van der Waals surface area contributed by atoms with Gasteiger partial charge >= 0.3 is 5.97 Å². The maximum absolute atomic E-state index is 11.1. The van der Waals surface area contributed by atoms with E-state index in [1.165, 1.54) is 0 Å². The summed E-state index contributed by atoms with van der Waals surface area (Å²) in [5, 5.41) is 23.3. The SMILES string of the molecule is Cc1cc(/C(C[C@@H](c2ccc(-c3ccc(C(=O)O)cc3)cc2)c2ccc(Cl)cc2C)=N\O)ccn1. The van der Waals surface area contributed by atoms with E-state index in [-0.39, 0.29) is 11.5 Å². The predicted octanol–water partition coefficient (Wildman–Crippen LogP) is 7.12. The van der Waals surface area contributed by atoms with E-state index < -0.39 is 5.97 Å². The number of benzene rings is 3. The van der Waals surface area contributed by atoms with Gasteiger partial charge in [0.25, 0.3) is 0 Å². The zero-order valence-corrected chi connectivity index (χ0v) is 20.2. The van der Waals surface area contributed by atoms with Crippen molar-refractivity contribution in [2.45, 2.75) is 26.2 Å². The number of nitrogens with zero attached hydrogens (tertiary/aromatic N) is 2. The molecule has 0 aliphatic rings. The van der Waals surface area contributed by atoms with Gasteiger partial charge in [0, 0.05) is 34.8 Å². The molecule has 0 aliphatic heterocycles. The van der Waals surface area contributed by atoms with Crippen LogP contribution in [0.2, 0.25) is 5.02 Å². The van der Waals surface area contributed by atoms with Crippen LogP contribution in [-0.2, 0) is 0 Å². The Kier molecular flexibility index (Phi) is 7.28. The number of halogens is 1. The van der Waals surface area contributed by atoms with Crippen LogP contribution < -0.4 is 0 Å². The molecular weight excluding hydrogens is 460 g/mol. The summed E-state index contributed by atoms with van der Waals surface area (Å²) in [5.41, 5.74) is 7.64. The molecule has 0 amide bonds. The summed E-state index contributed by atoms with van der Waals surface area (Å²) in [6.45, 7) is 3.93. The fourth-order valence-corrected chi connectivity index (χ4v) is 4.51. The predicted molar refractivity (Wildman–Crippen MR) is 139 cm³/mol. The molecule has 0 spiro atoms. The molecule has 2 N–H and O–H groups in total. The monoisotopic (exact) mass is 484 g/mol. The lowest BCUT2D eigenvalue weighted by Crippen LogP contribution is -2.12. The Morgan fingerprint density at radius 1 is 0.914 bits per heavy atom. The molecule has 0 unspecified atom stereocenters. The summed E-state index contributed by atoms with van der Waals surface area (Å²) in [4.78, 5) is 15.4. The van der Waals surface area contributed by atoms with E-state index >= 15 is 0 Å². The van der Waals surface area contributed by atoms with E-state index in [2.05, 4.69) is 22.3 Å². The molecule has 5 nitrogen and oxygen atoms in total. The minimum Gasteiger partial charge on any atom is -0.478 e. The zero-order chi connectivity index (χ0) is 24.9. The number of oxime groups is 1. The Balaban J connectivity index is 1.71. The van der Waals surface area contributed by atoms with Crippen molar-refractivity contribution in [2.75, 3.05) is 0 Å². The molecule has 176 valence electrons. The first kappa shape index (κ1) is 24.2. The van der Waals surface area contributed by atoms with E-state index in [9.17, 15) is 10.0 Å². The van der Waals surface area contributed by atoms with Gasteiger partial charge in [0.2, 0.25) is 0 Å². The highest BCUT2D eigenvalue weighted by Crippen LogP contribution is 2.34. The van der Waals surface area contributed by atoms with Crippen molar-refractivity contribution in [3.63, 3.8) is 0 Å². The minimum atomic E-state index is -0.946. The van der Waals surface area contributed by atoms with Gasteiger partial charge in [-0.25, -0.2) is 4.79 Å². The molecule has 1 atom stereocenters. The van der Waals surface area contributed by atoms with Crippen molar-refractivity contribution in [3.8, 4) is 11.1 Å². The summed E-state index contributed by atoms with van der Waals surface area (Å²) >= 11 is 6.23. The number of rotatable bonds is 7. The zero-order valence-electron chi connectivity index (χ0n) is 19.4. The van der Waals surface area contributed by atoms with Gasteiger partial charge in [0.05, 0.1) is 11.3 Å². The molecule has 6 heteroatoms. The number of hydrogen-bond acceptors (Lipinski definition) is 4. The molecule has 1 heterocycles. The van der Waals surface area contributed by atoms with Crippen LogP contribution in [0.1, 0.15) is 50.6 Å². The van der Waals surface area contributed by atoms with Crippen molar-refractivity contribution in [1.29, 1.82) is 0 Å². The van der Waals surface area contributed by atoms with Gasteiger partial charge in [0.1, 0.15) is 0 Å². The smallest absolute Gasteiger partial charge is 0.335 e. The molecule has 0 radical (unpaired) electrons. The molecule has 0 saturated carbocycles. The number of carboxylic acids is 1. The van der Waals surface area contributed by atoms with Crippen molar-refractivity contribution in [1.82, 2.24) is 4.98 Å². The molecule has 0 bridgehead atoms. The average molecular weight is 485 g/mol. The number of carbonyl (C=O) groups is 1. The van der Waals surface area contributed by atoms with Gasteiger partial charge in [-0.05, 0) is 78.1 Å². The molecule has 0 fully saturated rings. The summed E-state index contributed by atoms with van der Waals surface area (Å²) in [6.07, 6.45) is 2.19. The van der Waals surface area contributed by atoms with E-state index in [1.807, 2.05) is 68.4 Å². The van der Waals surface area contributed by atoms with Crippen molar-refractivity contribution in [3.05, 3.63) is 124 Å². The molecule has 4 rings (SSSR count). The second-order valence-electron chi connectivity index (χ2n) is 8.49. The Hall–Kier alpha value is -3.96. The van der Waals surface area contributed by atoms with Gasteiger partial charge in [0.15, 0.2) is 0 Å². The standard InChI is InChI=1S/C29H25ClN2O3/c1-18-15-25(30)11-12-26(18)27(17-28(32-35)24-13-14-31-19(2)16-24)22-7-3-20(4-8-22)21-5-9-23(10-6-21)29(33)34/h3-16,27,35H,17H2,1-2H3,(H,33,34)/b32-28-/t27-/m0/s1.